The van der Waals surface area contributed by atoms with Crippen LogP contribution < -0.4 is 0 Å². The van der Waals surface area contributed by atoms with Crippen LogP contribution in [0.4, 0.5) is 17.6 Å². The minimum atomic E-state index is -5.08. The van der Waals surface area contributed by atoms with E-state index >= 15 is 0 Å². The van der Waals surface area contributed by atoms with Gasteiger partial charge in [-0.25, -0.2) is 4.79 Å². The predicted molar refractivity (Wildman–Crippen MR) is 103 cm³/mol. The van der Waals surface area contributed by atoms with Crippen LogP contribution in [0.15, 0.2) is 24.5 Å². The maximum atomic E-state index is 12.2. The highest BCUT2D eigenvalue weighted by molar-refractivity contribution is 5.77. The molecule has 174 valence electrons. The van der Waals surface area contributed by atoms with E-state index < -0.39 is 18.8 Å². The maximum absolute atomic E-state index is 12.2. The van der Waals surface area contributed by atoms with Gasteiger partial charge in [0.1, 0.15) is 5.60 Å². The average Bonchev–Trinajstić information content (AvgIpc) is 2.67. The van der Waals surface area contributed by atoms with Gasteiger partial charge >= 0.3 is 12.1 Å². The first-order valence-corrected chi connectivity index (χ1v) is 9.90. The molecule has 3 heterocycles. The molecule has 0 radical (unpaired) electrons. The molecule has 1 spiro atoms. The monoisotopic (exact) mass is 449 g/mol. The number of carbonyl (C=O) groups is 2. The summed E-state index contributed by atoms with van der Waals surface area (Å²) in [6.07, 6.45) is 0.705. The number of halogens is 4. The second-order valence-corrected chi connectivity index (χ2v) is 7.95. The number of amides is 1. The van der Waals surface area contributed by atoms with Gasteiger partial charge in [0.25, 0.3) is 0 Å². The van der Waals surface area contributed by atoms with Crippen LogP contribution in [-0.4, -0.2) is 83.5 Å². The molecule has 1 N–H and O–H groups in total. The summed E-state index contributed by atoms with van der Waals surface area (Å²) in [5.74, 6) is -2.33. The van der Waals surface area contributed by atoms with Crippen molar-refractivity contribution in [2.24, 2.45) is 5.92 Å². The van der Waals surface area contributed by atoms with Crippen molar-refractivity contribution in [3.63, 3.8) is 0 Å². The summed E-state index contributed by atoms with van der Waals surface area (Å²) in [5.41, 5.74) is 1.05. The number of carboxylic acid groups (broad SMARTS) is 1. The van der Waals surface area contributed by atoms with Gasteiger partial charge < -0.3 is 19.6 Å². The number of aromatic nitrogens is 1. The number of carbonyl (C=O) groups excluding carboxylic acids is 1. The van der Waals surface area contributed by atoms with Crippen LogP contribution in [0.5, 0.6) is 0 Å². The molecule has 0 saturated carbocycles. The fourth-order valence-electron chi connectivity index (χ4n) is 3.68. The van der Waals surface area contributed by atoms with E-state index in [4.69, 9.17) is 14.6 Å². The topological polar surface area (TPSA) is 83.0 Å². The molecule has 11 heteroatoms. The SMILES string of the molecule is CN(Cc1cccnc1)CC1CCC2(CN(C(=O)CCF)C2)OC1.O=C(O)C(F)(F)F. The van der Waals surface area contributed by atoms with Gasteiger partial charge in [-0.2, -0.15) is 13.2 Å². The molecule has 2 aliphatic heterocycles. The molecule has 2 aliphatic rings. The summed E-state index contributed by atoms with van der Waals surface area (Å²) in [4.78, 5) is 28.7. The molecule has 0 bridgehead atoms. The van der Waals surface area contributed by atoms with Gasteiger partial charge in [-0.1, -0.05) is 6.07 Å². The number of alkyl halides is 4. The lowest BCUT2D eigenvalue weighted by molar-refractivity contribution is -0.192. The van der Waals surface area contributed by atoms with Crippen LogP contribution in [0.25, 0.3) is 0 Å². The zero-order valence-electron chi connectivity index (χ0n) is 17.3. The first-order valence-electron chi connectivity index (χ1n) is 9.90. The highest BCUT2D eigenvalue weighted by Gasteiger charge is 2.48. The molecule has 3 rings (SSSR count). The highest BCUT2D eigenvalue weighted by Crippen LogP contribution is 2.36. The summed E-state index contributed by atoms with van der Waals surface area (Å²) in [5, 5.41) is 7.12. The Balaban J connectivity index is 0.000000423. The fraction of sp³-hybridized carbons (Fsp3) is 0.650. The van der Waals surface area contributed by atoms with Crippen molar-refractivity contribution < 1.29 is 37.0 Å². The second kappa shape index (κ2) is 10.9. The number of likely N-dealkylation sites (tertiary alicyclic amines) is 1. The van der Waals surface area contributed by atoms with Crippen molar-refractivity contribution in [2.45, 2.75) is 37.6 Å². The number of ether oxygens (including phenoxy) is 1. The van der Waals surface area contributed by atoms with Gasteiger partial charge in [0.2, 0.25) is 5.91 Å². The fourth-order valence-corrected chi connectivity index (χ4v) is 3.68. The van der Waals surface area contributed by atoms with E-state index in [0.717, 1.165) is 32.5 Å². The molecule has 7 nitrogen and oxygen atoms in total. The van der Waals surface area contributed by atoms with E-state index in [1.54, 1.807) is 11.1 Å². The summed E-state index contributed by atoms with van der Waals surface area (Å²) < 4.78 is 50.1. The molecule has 2 saturated heterocycles. The van der Waals surface area contributed by atoms with Gasteiger partial charge in [-0.3, -0.25) is 14.2 Å². The lowest BCUT2D eigenvalue weighted by atomic mass is 9.82. The molecular weight excluding hydrogens is 422 g/mol. The molecule has 1 atom stereocenters. The minimum Gasteiger partial charge on any atom is -0.475 e. The van der Waals surface area contributed by atoms with Crippen LogP contribution in [0.2, 0.25) is 0 Å². The molecule has 1 aromatic rings. The minimum absolute atomic E-state index is 0.00214. The van der Waals surface area contributed by atoms with E-state index in [9.17, 15) is 22.4 Å². The number of nitrogens with zero attached hydrogens (tertiary/aromatic N) is 3. The first kappa shape index (κ1) is 25.0. The zero-order chi connectivity index (χ0) is 23.1. The number of pyridine rings is 1. The summed E-state index contributed by atoms with van der Waals surface area (Å²) in [7, 11) is 2.12. The smallest absolute Gasteiger partial charge is 0.475 e. The number of rotatable bonds is 6. The lowest BCUT2D eigenvalue weighted by Crippen LogP contribution is -2.66. The van der Waals surface area contributed by atoms with Crippen LogP contribution in [0, 0.1) is 5.92 Å². The Morgan fingerprint density at radius 2 is 2.06 bits per heavy atom. The van der Waals surface area contributed by atoms with Crippen molar-refractivity contribution >= 4 is 11.9 Å². The largest absolute Gasteiger partial charge is 0.490 e. The summed E-state index contributed by atoms with van der Waals surface area (Å²) in [6.45, 7) is 3.31. The molecule has 0 aliphatic carbocycles. The van der Waals surface area contributed by atoms with Crippen LogP contribution in [0.1, 0.15) is 24.8 Å². The maximum Gasteiger partial charge on any atom is 0.490 e. The number of aliphatic carboxylic acids is 1. The molecular formula is C20H27F4N3O4. The van der Waals surface area contributed by atoms with Gasteiger partial charge in [0.15, 0.2) is 0 Å². The van der Waals surface area contributed by atoms with Crippen LogP contribution in [-0.2, 0) is 20.9 Å². The highest BCUT2D eigenvalue weighted by atomic mass is 19.4. The average molecular weight is 449 g/mol. The Morgan fingerprint density at radius 3 is 2.55 bits per heavy atom. The second-order valence-electron chi connectivity index (χ2n) is 7.95. The Hall–Kier alpha value is -2.27. The van der Waals surface area contributed by atoms with E-state index in [0.29, 0.717) is 19.0 Å². The number of hydrogen-bond donors (Lipinski definition) is 1. The van der Waals surface area contributed by atoms with Crippen LogP contribution in [0.3, 0.4) is 0 Å². The molecule has 2 fully saturated rings. The zero-order valence-corrected chi connectivity index (χ0v) is 17.3. The molecule has 31 heavy (non-hydrogen) atoms. The Morgan fingerprint density at radius 1 is 1.39 bits per heavy atom. The predicted octanol–water partition coefficient (Wildman–Crippen LogP) is 2.51. The molecule has 1 unspecified atom stereocenters. The molecule has 1 aromatic heterocycles. The quantitative estimate of drug-likeness (QED) is 0.672. The van der Waals surface area contributed by atoms with Gasteiger partial charge in [-0.15, -0.1) is 0 Å². The van der Waals surface area contributed by atoms with Crippen molar-refractivity contribution in [3.8, 4) is 0 Å². The molecule has 1 amide bonds. The third-order valence-electron chi connectivity index (χ3n) is 5.24. The van der Waals surface area contributed by atoms with Crippen LogP contribution >= 0.6 is 0 Å². The Kier molecular flexibility index (Phi) is 8.75. The number of carboxylic acids is 1. The van der Waals surface area contributed by atoms with Crippen molar-refractivity contribution in [1.29, 1.82) is 0 Å². The Labute approximate surface area is 178 Å². The Bertz CT molecular complexity index is 717. The van der Waals surface area contributed by atoms with E-state index in [1.165, 1.54) is 5.56 Å². The standard InChI is InChI=1S/C18H26FN3O2.C2HF3O2/c1-21(10-15-3-2-8-20-9-15)11-16-4-6-18(24-12-16)13-22(14-18)17(23)5-7-19;3-2(4,5)1(6)7/h2-3,8-9,16H,4-7,10-14H2,1H3;(H,6,7). The number of hydrogen-bond acceptors (Lipinski definition) is 5. The summed E-state index contributed by atoms with van der Waals surface area (Å²) >= 11 is 0. The van der Waals surface area contributed by atoms with Gasteiger partial charge in [-0.05, 0) is 37.4 Å². The van der Waals surface area contributed by atoms with Crippen molar-refractivity contribution in [1.82, 2.24) is 14.8 Å². The van der Waals surface area contributed by atoms with E-state index in [2.05, 4.69) is 23.0 Å². The van der Waals surface area contributed by atoms with Gasteiger partial charge in [0, 0.05) is 25.5 Å². The lowest BCUT2D eigenvalue weighted by Gasteiger charge is -2.53. The van der Waals surface area contributed by atoms with Gasteiger partial charge in [0.05, 0.1) is 32.8 Å². The summed E-state index contributed by atoms with van der Waals surface area (Å²) in [6, 6.07) is 4.05. The third-order valence-corrected chi connectivity index (χ3v) is 5.24. The van der Waals surface area contributed by atoms with Crippen molar-refractivity contribution in [3.05, 3.63) is 30.1 Å². The normalized spacial score (nSPS) is 20.1. The first-order chi connectivity index (χ1) is 14.5. The van der Waals surface area contributed by atoms with E-state index in [-0.39, 0.29) is 17.9 Å². The van der Waals surface area contributed by atoms with E-state index in [1.807, 2.05) is 12.3 Å². The molecule has 0 aromatic carbocycles. The van der Waals surface area contributed by atoms with Crippen molar-refractivity contribution in [2.75, 3.05) is 40.0 Å². The third kappa shape index (κ3) is 7.73.